The van der Waals surface area contributed by atoms with Crippen LogP contribution in [0.4, 0.5) is 16.2 Å². The average molecular weight is 649 g/mol. The topological polar surface area (TPSA) is 130 Å². The fourth-order valence-corrected chi connectivity index (χ4v) is 6.26. The van der Waals surface area contributed by atoms with Gasteiger partial charge in [0.1, 0.15) is 16.9 Å². The summed E-state index contributed by atoms with van der Waals surface area (Å²) in [5.74, 6) is 0.623. The van der Waals surface area contributed by atoms with E-state index in [0.29, 0.717) is 60.5 Å². The summed E-state index contributed by atoms with van der Waals surface area (Å²) in [6, 6.07) is 9.92. The van der Waals surface area contributed by atoms with Crippen molar-refractivity contribution in [1.29, 1.82) is 0 Å². The van der Waals surface area contributed by atoms with Gasteiger partial charge in [-0.15, -0.1) is 0 Å². The Morgan fingerprint density at radius 2 is 1.93 bits per heavy atom. The molecule has 2 amide bonds. The highest BCUT2D eigenvalue weighted by atomic mass is 35.5. The Morgan fingerprint density at radius 1 is 1.15 bits per heavy atom. The third-order valence-corrected chi connectivity index (χ3v) is 8.49. The summed E-state index contributed by atoms with van der Waals surface area (Å²) in [7, 11) is 0. The third kappa shape index (κ3) is 6.98. The van der Waals surface area contributed by atoms with Crippen LogP contribution in [0.15, 0.2) is 36.5 Å². The first-order valence-electron chi connectivity index (χ1n) is 15.6. The zero-order valence-electron chi connectivity index (χ0n) is 26.9. The van der Waals surface area contributed by atoms with E-state index in [2.05, 4.69) is 36.1 Å². The number of halogens is 1. The van der Waals surface area contributed by atoms with Gasteiger partial charge in [0.2, 0.25) is 5.91 Å². The van der Waals surface area contributed by atoms with E-state index in [1.54, 1.807) is 11.1 Å². The van der Waals surface area contributed by atoms with Gasteiger partial charge in [-0.05, 0) is 65.3 Å². The van der Waals surface area contributed by atoms with Gasteiger partial charge in [0, 0.05) is 60.5 Å². The number of carbonyl (C=O) groups excluding carboxylic acids is 2. The normalized spacial score (nSPS) is 17.4. The van der Waals surface area contributed by atoms with Crippen LogP contribution in [-0.4, -0.2) is 98.9 Å². The van der Waals surface area contributed by atoms with Gasteiger partial charge in [-0.1, -0.05) is 17.7 Å². The highest BCUT2D eigenvalue weighted by Gasteiger charge is 2.31. The smallest absolute Gasteiger partial charge is 0.410 e. The van der Waals surface area contributed by atoms with E-state index in [4.69, 9.17) is 26.1 Å². The van der Waals surface area contributed by atoms with E-state index in [0.717, 1.165) is 47.8 Å². The number of hydrogen-bond acceptors (Lipinski definition) is 8. The molecular formula is C33H41ClN8O4. The van der Waals surface area contributed by atoms with Crippen LogP contribution in [0.5, 0.6) is 0 Å². The van der Waals surface area contributed by atoms with Gasteiger partial charge < -0.3 is 34.6 Å². The molecule has 46 heavy (non-hydrogen) atoms. The van der Waals surface area contributed by atoms with E-state index < -0.39 is 5.60 Å². The zero-order chi connectivity index (χ0) is 32.6. The molecule has 6 rings (SSSR count). The van der Waals surface area contributed by atoms with Crippen LogP contribution in [-0.2, 0) is 14.3 Å². The number of nitrogens with zero attached hydrogens (tertiary/aromatic N) is 5. The minimum absolute atomic E-state index is 0.00549. The second-order valence-electron chi connectivity index (χ2n) is 12.9. The van der Waals surface area contributed by atoms with Crippen molar-refractivity contribution in [2.24, 2.45) is 0 Å². The lowest BCUT2D eigenvalue weighted by Gasteiger charge is -2.25. The van der Waals surface area contributed by atoms with Crippen LogP contribution < -0.4 is 10.6 Å². The van der Waals surface area contributed by atoms with Crippen LogP contribution in [0.1, 0.15) is 38.6 Å². The van der Waals surface area contributed by atoms with E-state index in [1.165, 1.54) is 0 Å². The van der Waals surface area contributed by atoms with Gasteiger partial charge in [-0.3, -0.25) is 9.69 Å². The summed E-state index contributed by atoms with van der Waals surface area (Å²) >= 11 is 6.65. The van der Waals surface area contributed by atoms with Gasteiger partial charge in [0.25, 0.3) is 0 Å². The maximum absolute atomic E-state index is 12.7. The number of amides is 2. The van der Waals surface area contributed by atoms with Gasteiger partial charge in [0.15, 0.2) is 5.65 Å². The van der Waals surface area contributed by atoms with Crippen LogP contribution in [0, 0.1) is 13.8 Å². The fourth-order valence-electron chi connectivity index (χ4n) is 6.06. The Bertz CT molecular complexity index is 1750. The fraction of sp³-hybridized carbons (Fsp3) is 0.455. The molecule has 4 aromatic rings. The molecule has 0 bridgehead atoms. The summed E-state index contributed by atoms with van der Waals surface area (Å²) in [5.41, 5.74) is 5.99. The summed E-state index contributed by atoms with van der Waals surface area (Å²) in [6.45, 7) is 13.9. The van der Waals surface area contributed by atoms with E-state index in [9.17, 15) is 9.59 Å². The molecule has 1 atom stereocenters. The van der Waals surface area contributed by atoms with Crippen molar-refractivity contribution >= 4 is 46.1 Å². The van der Waals surface area contributed by atoms with Crippen molar-refractivity contribution in [3.63, 3.8) is 0 Å². The predicted molar refractivity (Wildman–Crippen MR) is 179 cm³/mol. The number of carbonyl (C=O) groups is 2. The maximum atomic E-state index is 12.7. The highest BCUT2D eigenvalue weighted by molar-refractivity contribution is 6.34. The maximum Gasteiger partial charge on any atom is 0.410 e. The van der Waals surface area contributed by atoms with E-state index in [-0.39, 0.29) is 18.0 Å². The summed E-state index contributed by atoms with van der Waals surface area (Å²) in [4.78, 5) is 41.9. The number of likely N-dealkylation sites (tertiary alicyclic amines) is 1. The predicted octanol–water partition coefficient (Wildman–Crippen LogP) is 5.38. The number of pyridine rings is 1. The Labute approximate surface area is 273 Å². The first-order valence-corrected chi connectivity index (χ1v) is 16.0. The monoisotopic (exact) mass is 648 g/mol. The molecule has 2 aliphatic heterocycles. The number of aromatic nitrogens is 4. The number of rotatable bonds is 7. The molecule has 1 aromatic carbocycles. The van der Waals surface area contributed by atoms with Crippen molar-refractivity contribution in [2.45, 2.75) is 52.7 Å². The van der Waals surface area contributed by atoms with Crippen molar-refractivity contribution in [3.8, 4) is 17.1 Å². The molecule has 2 aliphatic rings. The number of morpholine rings is 1. The second-order valence-corrected chi connectivity index (χ2v) is 13.3. The molecule has 2 saturated heterocycles. The van der Waals surface area contributed by atoms with Crippen LogP contribution in [0.25, 0.3) is 28.2 Å². The van der Waals surface area contributed by atoms with Gasteiger partial charge in [-0.25, -0.2) is 14.8 Å². The Morgan fingerprint density at radius 3 is 2.70 bits per heavy atom. The lowest BCUT2D eigenvalue weighted by atomic mass is 10.2. The standard InChI is InChI=1S/C33H41ClN8O4/c1-20-15-25(21(2)42(20)24-8-6-7-22(16-24)36-27(43)19-40-11-13-45-14-12-40)30-38-29-28(26(34)17-35-31(29)39-30)37-23-9-10-41(18-23)32(44)46-33(3,4)5/h6-8,15-17,23H,9-14,18-19H2,1-5H3,(H,36,43)(H2,35,37,38,39)/t23-/m0/s1. The number of fused-ring (bicyclic) bond motifs is 1. The van der Waals surface area contributed by atoms with Crippen LogP contribution in [0.2, 0.25) is 5.02 Å². The summed E-state index contributed by atoms with van der Waals surface area (Å²) < 4.78 is 13.1. The van der Waals surface area contributed by atoms with E-state index >= 15 is 0 Å². The molecule has 0 unspecified atom stereocenters. The first kappa shape index (κ1) is 31.8. The van der Waals surface area contributed by atoms with Crippen molar-refractivity contribution < 1.29 is 19.1 Å². The largest absolute Gasteiger partial charge is 0.444 e. The minimum Gasteiger partial charge on any atom is -0.444 e. The quantitative estimate of drug-likeness (QED) is 0.244. The molecule has 13 heteroatoms. The number of aromatic amines is 1. The lowest BCUT2D eigenvalue weighted by molar-refractivity contribution is -0.118. The molecule has 0 spiro atoms. The number of imidazole rings is 1. The minimum atomic E-state index is -0.549. The number of H-pyrrole nitrogens is 1. The molecule has 2 fully saturated rings. The SMILES string of the molecule is Cc1cc(-c2nc3ncc(Cl)c(N[C@H]4CCN(C(=O)OC(C)(C)C)C4)c3[nH]2)c(C)n1-c1cccc(NC(=O)CN2CCOCC2)c1. The highest BCUT2D eigenvalue weighted by Crippen LogP contribution is 2.34. The van der Waals surface area contributed by atoms with Gasteiger partial charge in [-0.2, -0.15) is 0 Å². The number of aryl methyl sites for hydroxylation is 1. The Balaban J connectivity index is 1.21. The molecule has 0 aliphatic carbocycles. The number of nitrogens with one attached hydrogen (secondary N) is 3. The zero-order valence-corrected chi connectivity index (χ0v) is 27.7. The Hall–Kier alpha value is -4.13. The van der Waals surface area contributed by atoms with Crippen molar-refractivity contribution in [1.82, 2.24) is 29.3 Å². The van der Waals surface area contributed by atoms with Crippen LogP contribution in [0.3, 0.4) is 0 Å². The van der Waals surface area contributed by atoms with Crippen molar-refractivity contribution in [2.75, 3.05) is 56.6 Å². The molecule has 12 nitrogen and oxygen atoms in total. The molecule has 244 valence electrons. The second kappa shape index (κ2) is 12.9. The lowest BCUT2D eigenvalue weighted by Crippen LogP contribution is -2.41. The molecule has 3 aromatic heterocycles. The number of ether oxygens (including phenoxy) is 2. The van der Waals surface area contributed by atoms with Crippen molar-refractivity contribution in [3.05, 3.63) is 52.9 Å². The number of hydrogen-bond donors (Lipinski definition) is 3. The Kier molecular flexibility index (Phi) is 8.95. The van der Waals surface area contributed by atoms with Crippen LogP contribution >= 0.6 is 11.6 Å². The number of anilines is 2. The molecule has 0 saturated carbocycles. The molecule has 0 radical (unpaired) electrons. The first-order chi connectivity index (χ1) is 21.9. The molecule has 3 N–H and O–H groups in total. The van der Waals surface area contributed by atoms with Gasteiger partial charge >= 0.3 is 6.09 Å². The third-order valence-electron chi connectivity index (χ3n) is 8.21. The van der Waals surface area contributed by atoms with Gasteiger partial charge in [0.05, 0.1) is 36.7 Å². The molecular weight excluding hydrogens is 608 g/mol. The summed E-state index contributed by atoms with van der Waals surface area (Å²) in [6.07, 6.45) is 2.04. The molecule has 5 heterocycles. The van der Waals surface area contributed by atoms with E-state index in [1.807, 2.05) is 58.9 Å². The number of benzene rings is 1. The summed E-state index contributed by atoms with van der Waals surface area (Å²) in [5, 5.41) is 7.04. The average Bonchev–Trinajstić information content (AvgIpc) is 3.71.